The highest BCUT2D eigenvalue weighted by molar-refractivity contribution is 5.84. The Bertz CT molecular complexity index is 1210. The van der Waals surface area contributed by atoms with Gasteiger partial charge in [-0.05, 0) is 30.2 Å². The predicted molar refractivity (Wildman–Crippen MR) is 128 cm³/mol. The molecule has 4 aromatic rings. The second-order valence-corrected chi connectivity index (χ2v) is 7.71. The monoisotopic (exact) mass is 448 g/mol. The van der Waals surface area contributed by atoms with Crippen molar-refractivity contribution in [1.29, 1.82) is 0 Å². The minimum Gasteiger partial charge on any atom is -0.508 e. The first-order valence-corrected chi connectivity index (χ1v) is 10.8. The van der Waals surface area contributed by atoms with Crippen molar-refractivity contribution in [2.45, 2.75) is 32.5 Å². The van der Waals surface area contributed by atoms with E-state index in [4.69, 9.17) is 4.74 Å². The third kappa shape index (κ3) is 5.15. The first kappa shape index (κ1) is 22.3. The van der Waals surface area contributed by atoms with E-state index in [2.05, 4.69) is 37.7 Å². The van der Waals surface area contributed by atoms with Gasteiger partial charge in [-0.1, -0.05) is 37.3 Å². The number of ether oxygens (including phenoxy) is 1. The fourth-order valence-electron chi connectivity index (χ4n) is 3.50. The summed E-state index contributed by atoms with van der Waals surface area (Å²) in [6.07, 6.45) is 2.47. The Morgan fingerprint density at radius 1 is 1.12 bits per heavy atom. The number of phenols is 1. The summed E-state index contributed by atoms with van der Waals surface area (Å²) in [6.45, 7) is 2.89. The fourth-order valence-corrected chi connectivity index (χ4v) is 3.50. The van der Waals surface area contributed by atoms with Crippen LogP contribution >= 0.6 is 0 Å². The van der Waals surface area contributed by atoms with Crippen LogP contribution in [-0.4, -0.2) is 49.5 Å². The van der Waals surface area contributed by atoms with E-state index in [-0.39, 0.29) is 18.4 Å². The second kappa shape index (κ2) is 10.2. The molecule has 4 N–H and O–H groups in total. The van der Waals surface area contributed by atoms with Crippen molar-refractivity contribution in [1.82, 2.24) is 19.5 Å². The number of fused-ring (bicyclic) bond motifs is 1. The maximum atomic E-state index is 10.2. The third-order valence-electron chi connectivity index (χ3n) is 5.44. The summed E-state index contributed by atoms with van der Waals surface area (Å²) < 4.78 is 7.23. The Balaban J connectivity index is 1.69. The molecule has 0 fully saturated rings. The molecule has 0 bridgehead atoms. The van der Waals surface area contributed by atoms with Crippen LogP contribution in [-0.2, 0) is 13.1 Å². The SMILES string of the molecule is CCC(CO)Nc1nc(NCc2cc(OC)ccc2O)c2ncn(Cc3ccccc3)c2n1. The lowest BCUT2D eigenvalue weighted by Crippen LogP contribution is -2.24. The number of nitrogens with one attached hydrogen (secondary N) is 2. The molecule has 0 radical (unpaired) electrons. The molecule has 1 atom stereocenters. The van der Waals surface area contributed by atoms with E-state index in [1.165, 1.54) is 0 Å². The van der Waals surface area contributed by atoms with Crippen LogP contribution in [0.4, 0.5) is 11.8 Å². The van der Waals surface area contributed by atoms with Crippen LogP contribution in [0.15, 0.2) is 54.9 Å². The van der Waals surface area contributed by atoms with Crippen LogP contribution in [0.1, 0.15) is 24.5 Å². The number of aromatic hydroxyl groups is 1. The molecular weight excluding hydrogens is 420 g/mol. The van der Waals surface area contributed by atoms with Crippen LogP contribution in [0.25, 0.3) is 11.2 Å². The number of aliphatic hydroxyl groups is 1. The van der Waals surface area contributed by atoms with Gasteiger partial charge in [-0.3, -0.25) is 0 Å². The van der Waals surface area contributed by atoms with E-state index in [9.17, 15) is 10.2 Å². The van der Waals surface area contributed by atoms with Gasteiger partial charge in [0.25, 0.3) is 0 Å². The molecule has 2 aromatic carbocycles. The molecule has 0 saturated heterocycles. The topological polar surface area (TPSA) is 117 Å². The number of aromatic nitrogens is 4. The van der Waals surface area contributed by atoms with Crippen molar-refractivity contribution in [2.24, 2.45) is 0 Å². The zero-order chi connectivity index (χ0) is 23.2. The Kier molecular flexibility index (Phi) is 6.89. The van der Waals surface area contributed by atoms with Gasteiger partial charge in [0, 0.05) is 12.1 Å². The minimum absolute atomic E-state index is 0.0262. The summed E-state index contributed by atoms with van der Waals surface area (Å²) in [6, 6.07) is 15.0. The molecule has 0 aliphatic heterocycles. The molecule has 2 heterocycles. The zero-order valence-electron chi connectivity index (χ0n) is 18.7. The smallest absolute Gasteiger partial charge is 0.227 e. The minimum atomic E-state index is -0.164. The summed E-state index contributed by atoms with van der Waals surface area (Å²) in [7, 11) is 1.58. The van der Waals surface area contributed by atoms with Crippen molar-refractivity contribution >= 4 is 22.9 Å². The zero-order valence-corrected chi connectivity index (χ0v) is 18.7. The van der Waals surface area contributed by atoms with Gasteiger partial charge in [0.15, 0.2) is 17.0 Å². The largest absolute Gasteiger partial charge is 0.508 e. The van der Waals surface area contributed by atoms with Crippen LogP contribution in [0.2, 0.25) is 0 Å². The van der Waals surface area contributed by atoms with Crippen molar-refractivity contribution in [3.8, 4) is 11.5 Å². The molecule has 9 nitrogen and oxygen atoms in total. The molecule has 0 aliphatic carbocycles. The van der Waals surface area contributed by atoms with Gasteiger partial charge < -0.3 is 30.2 Å². The first-order valence-electron chi connectivity index (χ1n) is 10.8. The second-order valence-electron chi connectivity index (χ2n) is 7.71. The number of benzene rings is 2. The number of methoxy groups -OCH3 is 1. The standard InChI is InChI=1S/C24H28N6O3/c1-3-18(14-31)27-24-28-22(25-12-17-11-19(33-2)9-10-20(17)32)21-23(29-24)30(15-26-21)13-16-7-5-4-6-8-16/h4-11,15,18,31-32H,3,12-14H2,1-2H3,(H2,25,27,28,29). The molecule has 0 aliphatic rings. The van der Waals surface area contributed by atoms with Gasteiger partial charge in [0.05, 0.1) is 32.6 Å². The maximum absolute atomic E-state index is 10.2. The molecular formula is C24H28N6O3. The van der Waals surface area contributed by atoms with E-state index < -0.39 is 0 Å². The summed E-state index contributed by atoms with van der Waals surface area (Å²) in [5.41, 5.74) is 3.08. The number of hydrogen-bond donors (Lipinski definition) is 4. The van der Waals surface area contributed by atoms with Gasteiger partial charge in [-0.25, -0.2) is 4.98 Å². The van der Waals surface area contributed by atoms with E-state index in [1.807, 2.05) is 29.7 Å². The van der Waals surface area contributed by atoms with Crippen LogP contribution in [0.3, 0.4) is 0 Å². The average molecular weight is 449 g/mol. The molecule has 1 unspecified atom stereocenters. The Hall–Kier alpha value is -3.85. The number of phenolic OH excluding ortho intramolecular Hbond substituents is 1. The highest BCUT2D eigenvalue weighted by Crippen LogP contribution is 2.26. The lowest BCUT2D eigenvalue weighted by atomic mass is 10.2. The van der Waals surface area contributed by atoms with Gasteiger partial charge in [-0.2, -0.15) is 9.97 Å². The summed E-state index contributed by atoms with van der Waals surface area (Å²) in [5.74, 6) is 1.74. The molecule has 2 aromatic heterocycles. The quantitative estimate of drug-likeness (QED) is 0.292. The van der Waals surface area contributed by atoms with Crippen molar-refractivity contribution in [2.75, 3.05) is 24.4 Å². The fraction of sp³-hybridized carbons (Fsp3) is 0.292. The lowest BCUT2D eigenvalue weighted by molar-refractivity contribution is 0.271. The molecule has 0 spiro atoms. The van der Waals surface area contributed by atoms with E-state index >= 15 is 0 Å². The number of aliphatic hydroxyl groups excluding tert-OH is 1. The number of hydrogen-bond acceptors (Lipinski definition) is 8. The van der Waals surface area contributed by atoms with Gasteiger partial charge in [0.2, 0.25) is 5.95 Å². The maximum Gasteiger partial charge on any atom is 0.227 e. The van der Waals surface area contributed by atoms with Crippen molar-refractivity contribution < 1.29 is 14.9 Å². The Morgan fingerprint density at radius 3 is 2.67 bits per heavy atom. The summed E-state index contributed by atoms with van der Waals surface area (Å²) >= 11 is 0. The van der Waals surface area contributed by atoms with Gasteiger partial charge in [-0.15, -0.1) is 0 Å². The van der Waals surface area contributed by atoms with Crippen molar-refractivity contribution in [3.63, 3.8) is 0 Å². The van der Waals surface area contributed by atoms with Crippen LogP contribution in [0.5, 0.6) is 11.5 Å². The number of anilines is 2. The van der Waals surface area contributed by atoms with Gasteiger partial charge in [0.1, 0.15) is 11.5 Å². The summed E-state index contributed by atoms with van der Waals surface area (Å²) in [4.78, 5) is 13.9. The molecule has 0 amide bonds. The van der Waals surface area contributed by atoms with Gasteiger partial charge >= 0.3 is 0 Å². The highest BCUT2D eigenvalue weighted by atomic mass is 16.5. The number of imidazole rings is 1. The highest BCUT2D eigenvalue weighted by Gasteiger charge is 2.16. The third-order valence-corrected chi connectivity index (χ3v) is 5.44. The average Bonchev–Trinajstić information content (AvgIpc) is 3.25. The number of rotatable bonds is 10. The Labute approximate surface area is 192 Å². The van der Waals surface area contributed by atoms with E-state index in [1.54, 1.807) is 31.6 Å². The molecule has 172 valence electrons. The first-order chi connectivity index (χ1) is 16.1. The lowest BCUT2D eigenvalue weighted by Gasteiger charge is -2.16. The normalized spacial score (nSPS) is 12.0. The Morgan fingerprint density at radius 2 is 1.94 bits per heavy atom. The molecule has 4 rings (SSSR count). The molecule has 0 saturated carbocycles. The van der Waals surface area contributed by atoms with E-state index in [0.29, 0.717) is 47.3 Å². The number of nitrogens with zero attached hydrogens (tertiary/aromatic N) is 4. The van der Waals surface area contributed by atoms with E-state index in [0.717, 1.165) is 12.0 Å². The van der Waals surface area contributed by atoms with Crippen LogP contribution < -0.4 is 15.4 Å². The van der Waals surface area contributed by atoms with Crippen molar-refractivity contribution in [3.05, 3.63) is 66.0 Å². The predicted octanol–water partition coefficient (Wildman–Crippen LogP) is 3.38. The van der Waals surface area contributed by atoms with Crippen LogP contribution in [0, 0.1) is 0 Å². The molecule has 9 heteroatoms. The summed E-state index contributed by atoms with van der Waals surface area (Å²) in [5, 5.41) is 26.3. The molecule has 33 heavy (non-hydrogen) atoms.